The van der Waals surface area contributed by atoms with E-state index in [1.54, 1.807) is 35.4 Å². The van der Waals surface area contributed by atoms with Crippen molar-refractivity contribution in [1.29, 1.82) is 0 Å². The number of pyridine rings is 1. The van der Waals surface area contributed by atoms with Crippen LogP contribution in [0, 0.1) is 6.92 Å². The number of carbonyl (C=O) groups excluding carboxylic acids is 2. The second-order valence-corrected chi connectivity index (χ2v) is 6.90. The number of nitrogens with one attached hydrogen (secondary N) is 1. The van der Waals surface area contributed by atoms with Gasteiger partial charge in [-0.25, -0.2) is 4.98 Å². The van der Waals surface area contributed by atoms with E-state index in [9.17, 15) is 9.59 Å². The Kier molecular flexibility index (Phi) is 5.25. The number of likely N-dealkylation sites (tertiary alicyclic amines) is 1. The molecule has 0 unspecified atom stereocenters. The molecule has 0 radical (unpaired) electrons. The summed E-state index contributed by atoms with van der Waals surface area (Å²) in [5.41, 5.74) is 1.38. The van der Waals surface area contributed by atoms with Gasteiger partial charge in [0.25, 0.3) is 5.91 Å². The Labute approximate surface area is 155 Å². The number of aromatic nitrogens is 1. The first-order chi connectivity index (χ1) is 11.9. The number of anilines is 1. The van der Waals surface area contributed by atoms with Crippen molar-refractivity contribution in [1.82, 2.24) is 9.88 Å². The van der Waals surface area contributed by atoms with Crippen LogP contribution in [0.4, 0.5) is 5.82 Å². The van der Waals surface area contributed by atoms with Crippen LogP contribution in [0.25, 0.3) is 0 Å². The van der Waals surface area contributed by atoms with Crippen molar-refractivity contribution in [3.8, 4) is 0 Å². The minimum Gasteiger partial charge on any atom is -0.327 e. The number of hydrogen-bond donors (Lipinski definition) is 1. The zero-order valence-electron chi connectivity index (χ0n) is 13.6. The van der Waals surface area contributed by atoms with E-state index in [-0.39, 0.29) is 11.8 Å². The fourth-order valence-corrected chi connectivity index (χ4v) is 3.47. The molecule has 2 heterocycles. The van der Waals surface area contributed by atoms with Crippen LogP contribution in [-0.4, -0.2) is 34.3 Å². The molecule has 0 aliphatic carbocycles. The zero-order valence-corrected chi connectivity index (χ0v) is 15.1. The number of aryl methyl sites for hydroxylation is 1. The molecule has 0 spiro atoms. The zero-order chi connectivity index (χ0) is 18.0. The molecule has 1 aliphatic heterocycles. The van der Waals surface area contributed by atoms with Crippen molar-refractivity contribution >= 4 is 40.8 Å². The number of halogens is 2. The van der Waals surface area contributed by atoms with Gasteiger partial charge in [-0.3, -0.25) is 9.59 Å². The fourth-order valence-electron chi connectivity index (χ4n) is 2.94. The van der Waals surface area contributed by atoms with Gasteiger partial charge in [-0.05, 0) is 55.7 Å². The van der Waals surface area contributed by atoms with Gasteiger partial charge in [-0.2, -0.15) is 0 Å². The number of nitrogens with zero attached hydrogens (tertiary/aromatic N) is 2. The van der Waals surface area contributed by atoms with Crippen LogP contribution < -0.4 is 5.32 Å². The van der Waals surface area contributed by atoms with Crippen LogP contribution in [0.1, 0.15) is 28.8 Å². The maximum absolute atomic E-state index is 12.8. The molecule has 25 heavy (non-hydrogen) atoms. The quantitative estimate of drug-likeness (QED) is 0.880. The van der Waals surface area contributed by atoms with Crippen LogP contribution >= 0.6 is 23.2 Å². The number of rotatable bonds is 3. The first kappa shape index (κ1) is 17.7. The van der Waals surface area contributed by atoms with E-state index < -0.39 is 6.04 Å². The summed E-state index contributed by atoms with van der Waals surface area (Å²) in [6.07, 6.45) is 3.01. The molecule has 3 rings (SSSR count). The van der Waals surface area contributed by atoms with Crippen molar-refractivity contribution in [3.05, 3.63) is 57.7 Å². The highest BCUT2D eigenvalue weighted by Gasteiger charge is 2.34. The van der Waals surface area contributed by atoms with Gasteiger partial charge in [0.2, 0.25) is 5.91 Å². The van der Waals surface area contributed by atoms with E-state index in [4.69, 9.17) is 23.2 Å². The number of hydrogen-bond acceptors (Lipinski definition) is 3. The average Bonchev–Trinajstić information content (AvgIpc) is 3.03. The Morgan fingerprint density at radius 3 is 2.60 bits per heavy atom. The third-order valence-corrected chi connectivity index (χ3v) is 4.53. The summed E-state index contributed by atoms with van der Waals surface area (Å²) in [6, 6.07) is 7.79. The summed E-state index contributed by atoms with van der Waals surface area (Å²) in [5, 5.41) is 3.57. The monoisotopic (exact) mass is 377 g/mol. The second-order valence-electron chi connectivity index (χ2n) is 6.02. The lowest BCUT2D eigenvalue weighted by atomic mass is 10.1. The third-order valence-electron chi connectivity index (χ3n) is 4.09. The molecule has 1 N–H and O–H groups in total. The van der Waals surface area contributed by atoms with E-state index in [1.165, 1.54) is 0 Å². The Morgan fingerprint density at radius 1 is 1.20 bits per heavy atom. The van der Waals surface area contributed by atoms with Crippen LogP contribution in [0.3, 0.4) is 0 Å². The molecule has 1 aromatic carbocycles. The lowest BCUT2D eigenvalue weighted by molar-refractivity contribution is -0.119. The van der Waals surface area contributed by atoms with Crippen molar-refractivity contribution in [2.24, 2.45) is 0 Å². The Bertz CT molecular complexity index is 805. The number of carbonyl (C=O) groups is 2. The largest absolute Gasteiger partial charge is 0.327 e. The van der Waals surface area contributed by atoms with Crippen LogP contribution in [0.5, 0.6) is 0 Å². The van der Waals surface area contributed by atoms with Gasteiger partial charge in [0.1, 0.15) is 11.9 Å². The molecule has 1 aromatic heterocycles. The van der Waals surface area contributed by atoms with Gasteiger partial charge in [0.15, 0.2) is 0 Å². The minimum atomic E-state index is -0.535. The molecule has 0 saturated carbocycles. The van der Waals surface area contributed by atoms with Crippen molar-refractivity contribution < 1.29 is 9.59 Å². The standard InChI is InChI=1S/C18H17Cl2N3O2/c1-11-4-5-21-16(7-11)22-17(24)15-3-2-6-23(15)18(25)12-8-13(19)10-14(20)9-12/h4-5,7-10,15H,2-3,6H2,1H3,(H,21,22,24)/t15-/m0/s1. The van der Waals surface area contributed by atoms with Gasteiger partial charge in [0.05, 0.1) is 0 Å². The average molecular weight is 378 g/mol. The highest BCUT2D eigenvalue weighted by atomic mass is 35.5. The first-order valence-corrected chi connectivity index (χ1v) is 8.70. The van der Waals surface area contributed by atoms with Gasteiger partial charge >= 0.3 is 0 Å². The lowest BCUT2D eigenvalue weighted by Crippen LogP contribution is -2.43. The van der Waals surface area contributed by atoms with Gasteiger partial charge in [-0.1, -0.05) is 23.2 Å². The van der Waals surface area contributed by atoms with Crippen molar-refractivity contribution in [2.45, 2.75) is 25.8 Å². The molecule has 7 heteroatoms. The summed E-state index contributed by atoms with van der Waals surface area (Å²) in [5.74, 6) is -0.00794. The normalized spacial score (nSPS) is 16.8. The van der Waals surface area contributed by atoms with Crippen LogP contribution in [0.15, 0.2) is 36.5 Å². The summed E-state index contributed by atoms with van der Waals surface area (Å²) >= 11 is 12.0. The fraction of sp³-hybridized carbons (Fsp3) is 0.278. The highest BCUT2D eigenvalue weighted by molar-refractivity contribution is 6.35. The Hall–Kier alpha value is -2.11. The predicted molar refractivity (Wildman–Crippen MR) is 98.1 cm³/mol. The Balaban J connectivity index is 1.77. The molecule has 2 aromatic rings. The molecule has 2 amide bonds. The van der Waals surface area contributed by atoms with Gasteiger partial charge < -0.3 is 10.2 Å². The molecule has 1 atom stereocenters. The topological polar surface area (TPSA) is 62.3 Å². The molecule has 1 saturated heterocycles. The van der Waals surface area contributed by atoms with E-state index in [0.717, 1.165) is 12.0 Å². The summed E-state index contributed by atoms with van der Waals surface area (Å²) in [7, 11) is 0. The Morgan fingerprint density at radius 2 is 1.92 bits per heavy atom. The predicted octanol–water partition coefficient (Wildman–Crippen LogP) is 3.94. The van der Waals surface area contributed by atoms with Gasteiger partial charge in [-0.15, -0.1) is 0 Å². The van der Waals surface area contributed by atoms with E-state index >= 15 is 0 Å². The first-order valence-electron chi connectivity index (χ1n) is 7.94. The molecular formula is C18H17Cl2N3O2. The number of amides is 2. The van der Waals surface area contributed by atoms with E-state index in [2.05, 4.69) is 10.3 Å². The van der Waals surface area contributed by atoms with Crippen LogP contribution in [-0.2, 0) is 4.79 Å². The SMILES string of the molecule is Cc1ccnc(NC(=O)[C@@H]2CCCN2C(=O)c2cc(Cl)cc(Cl)c2)c1. The minimum absolute atomic E-state index is 0.239. The maximum atomic E-state index is 12.8. The third kappa shape index (κ3) is 4.11. The smallest absolute Gasteiger partial charge is 0.254 e. The van der Waals surface area contributed by atoms with E-state index in [0.29, 0.717) is 34.4 Å². The molecule has 5 nitrogen and oxygen atoms in total. The molecule has 130 valence electrons. The van der Waals surface area contributed by atoms with E-state index in [1.807, 2.05) is 13.0 Å². The number of benzene rings is 1. The van der Waals surface area contributed by atoms with Crippen molar-refractivity contribution in [2.75, 3.05) is 11.9 Å². The summed E-state index contributed by atoms with van der Waals surface area (Å²) < 4.78 is 0. The second kappa shape index (κ2) is 7.42. The summed E-state index contributed by atoms with van der Waals surface area (Å²) in [4.78, 5) is 31.1. The summed E-state index contributed by atoms with van der Waals surface area (Å²) in [6.45, 7) is 2.44. The molecule has 1 aliphatic rings. The van der Waals surface area contributed by atoms with Crippen molar-refractivity contribution in [3.63, 3.8) is 0 Å². The molecule has 1 fully saturated rings. The maximum Gasteiger partial charge on any atom is 0.254 e. The lowest BCUT2D eigenvalue weighted by Gasteiger charge is -2.24. The van der Waals surface area contributed by atoms with Gasteiger partial charge in [0, 0.05) is 28.4 Å². The molecular weight excluding hydrogens is 361 g/mol. The van der Waals surface area contributed by atoms with Crippen LogP contribution in [0.2, 0.25) is 10.0 Å². The molecule has 0 bridgehead atoms. The highest BCUT2D eigenvalue weighted by Crippen LogP contribution is 2.25.